The average Bonchev–Trinajstić information content (AvgIpc) is 3.66. The molecule has 10 rings (SSSR count). The van der Waals surface area contributed by atoms with Crippen LogP contribution < -0.4 is 0 Å². The normalized spacial score (nSPS) is 13.0. The first kappa shape index (κ1) is 30.2. The van der Waals surface area contributed by atoms with Gasteiger partial charge in [-0.15, -0.1) is 0 Å². The van der Waals surface area contributed by atoms with Gasteiger partial charge < -0.3 is 4.57 Å². The molecule has 0 atom stereocenters. The van der Waals surface area contributed by atoms with E-state index in [0.29, 0.717) is 0 Å². The summed E-state index contributed by atoms with van der Waals surface area (Å²) < 4.78 is 2.32. The van der Waals surface area contributed by atoms with E-state index in [1.54, 1.807) is 0 Å². The lowest BCUT2D eigenvalue weighted by atomic mass is 9.82. The minimum absolute atomic E-state index is 0.0881. The summed E-state index contributed by atoms with van der Waals surface area (Å²) in [4.78, 5) is 14.4. The maximum atomic E-state index is 5.19. The number of nitrogens with zero attached hydrogens (tertiary/aromatic N) is 4. The molecule has 9 aromatic rings. The summed E-state index contributed by atoms with van der Waals surface area (Å²) in [5, 5.41) is 2.33. The molecule has 0 bridgehead atoms. The average molecular weight is 667 g/mol. The van der Waals surface area contributed by atoms with Crippen LogP contribution in [0.1, 0.15) is 25.0 Å². The van der Waals surface area contributed by atoms with Crippen LogP contribution in [0.2, 0.25) is 0 Å². The smallest absolute Gasteiger partial charge is 0.0899 e. The van der Waals surface area contributed by atoms with Gasteiger partial charge in [0.2, 0.25) is 0 Å². The molecule has 1 aliphatic carbocycles. The van der Waals surface area contributed by atoms with Gasteiger partial charge in [-0.05, 0) is 105 Å². The highest BCUT2D eigenvalue weighted by molar-refractivity contribution is 6.10. The van der Waals surface area contributed by atoms with E-state index in [1.807, 2.05) is 36.8 Å². The third-order valence-corrected chi connectivity index (χ3v) is 10.8. The fraction of sp³-hybridized carbons (Fsp3) is 0.0625. The van der Waals surface area contributed by atoms with Crippen LogP contribution in [0.5, 0.6) is 0 Å². The fourth-order valence-corrected chi connectivity index (χ4v) is 8.11. The van der Waals surface area contributed by atoms with Crippen molar-refractivity contribution in [2.45, 2.75) is 19.3 Å². The standard InChI is InChI=1S/C48H34N4/c1-48(2)41-13-7-6-12-37(41)38-21-19-34(27-42(38)48)44-28-35(29-45(51-44)43-14-8-9-24-50-43)32-17-15-31(16-18-32)33-20-22-46-39(26-33)40-30-49-25-23-47(40)52(46)36-10-4-3-5-11-36/h3-30H,1-2H3. The van der Waals surface area contributed by atoms with Gasteiger partial charge in [0.25, 0.3) is 0 Å². The molecule has 52 heavy (non-hydrogen) atoms. The van der Waals surface area contributed by atoms with Crippen molar-refractivity contribution in [3.05, 3.63) is 181 Å². The van der Waals surface area contributed by atoms with E-state index in [2.05, 4.69) is 162 Å². The monoisotopic (exact) mass is 666 g/mol. The van der Waals surface area contributed by atoms with Crippen molar-refractivity contribution in [2.75, 3.05) is 0 Å². The molecule has 0 N–H and O–H groups in total. The Morgan fingerprint density at radius 3 is 1.98 bits per heavy atom. The van der Waals surface area contributed by atoms with Crippen molar-refractivity contribution in [3.63, 3.8) is 0 Å². The lowest BCUT2D eigenvalue weighted by molar-refractivity contribution is 0.660. The Balaban J connectivity index is 1.06. The van der Waals surface area contributed by atoms with Crippen LogP contribution in [0.3, 0.4) is 0 Å². The number of fused-ring (bicyclic) bond motifs is 6. The van der Waals surface area contributed by atoms with Gasteiger partial charge >= 0.3 is 0 Å². The zero-order chi connectivity index (χ0) is 34.8. The van der Waals surface area contributed by atoms with Crippen molar-refractivity contribution in [3.8, 4) is 61.7 Å². The molecule has 0 saturated heterocycles. The van der Waals surface area contributed by atoms with Crippen LogP contribution in [0, 0.1) is 0 Å². The first-order chi connectivity index (χ1) is 25.5. The first-order valence-electron chi connectivity index (χ1n) is 17.8. The third kappa shape index (κ3) is 4.79. The van der Waals surface area contributed by atoms with Gasteiger partial charge in [-0.1, -0.05) is 105 Å². The second-order valence-electron chi connectivity index (χ2n) is 14.1. The van der Waals surface area contributed by atoms with Crippen molar-refractivity contribution in [1.82, 2.24) is 19.5 Å². The minimum atomic E-state index is -0.0881. The van der Waals surface area contributed by atoms with Crippen molar-refractivity contribution < 1.29 is 0 Å². The van der Waals surface area contributed by atoms with Crippen LogP contribution in [0.4, 0.5) is 0 Å². The Labute approximate surface area is 302 Å². The van der Waals surface area contributed by atoms with Gasteiger partial charge in [0.05, 0.1) is 28.1 Å². The van der Waals surface area contributed by atoms with Crippen molar-refractivity contribution in [1.29, 1.82) is 0 Å². The minimum Gasteiger partial charge on any atom is -0.309 e. The highest BCUT2D eigenvalue weighted by Gasteiger charge is 2.35. The number of rotatable bonds is 5. The highest BCUT2D eigenvalue weighted by atomic mass is 15.0. The van der Waals surface area contributed by atoms with E-state index in [4.69, 9.17) is 4.98 Å². The van der Waals surface area contributed by atoms with Crippen molar-refractivity contribution >= 4 is 21.8 Å². The molecule has 4 aromatic heterocycles. The summed E-state index contributed by atoms with van der Waals surface area (Å²) >= 11 is 0. The first-order valence-corrected chi connectivity index (χ1v) is 17.8. The summed E-state index contributed by atoms with van der Waals surface area (Å²) in [6, 6.07) is 54.2. The Kier molecular flexibility index (Phi) is 6.80. The van der Waals surface area contributed by atoms with Crippen LogP contribution >= 0.6 is 0 Å². The fourth-order valence-electron chi connectivity index (χ4n) is 8.11. The maximum absolute atomic E-state index is 5.19. The third-order valence-electron chi connectivity index (χ3n) is 10.8. The quantitative estimate of drug-likeness (QED) is 0.184. The van der Waals surface area contributed by atoms with Crippen LogP contribution in [-0.4, -0.2) is 19.5 Å². The molecule has 4 heteroatoms. The molecular weight excluding hydrogens is 633 g/mol. The van der Waals surface area contributed by atoms with Gasteiger partial charge in [-0.2, -0.15) is 0 Å². The molecule has 0 spiro atoms. The van der Waals surface area contributed by atoms with Crippen molar-refractivity contribution in [2.24, 2.45) is 0 Å². The van der Waals surface area contributed by atoms with Gasteiger partial charge in [0.15, 0.2) is 0 Å². The zero-order valence-electron chi connectivity index (χ0n) is 29.0. The van der Waals surface area contributed by atoms with E-state index >= 15 is 0 Å². The van der Waals surface area contributed by atoms with Gasteiger partial charge in [-0.3, -0.25) is 9.97 Å². The molecule has 246 valence electrons. The van der Waals surface area contributed by atoms with E-state index in [9.17, 15) is 0 Å². The van der Waals surface area contributed by atoms with E-state index < -0.39 is 0 Å². The molecule has 4 heterocycles. The molecule has 0 saturated carbocycles. The SMILES string of the molecule is CC1(C)c2ccccc2-c2ccc(-c3cc(-c4ccc(-c5ccc6c(c5)c5cnccc5n6-c5ccccc5)cc4)cc(-c4ccccn4)n3)cc21. The number of benzene rings is 5. The molecular formula is C48H34N4. The van der Waals surface area contributed by atoms with Crippen LogP contribution in [-0.2, 0) is 5.41 Å². The number of pyridine rings is 3. The predicted molar refractivity (Wildman–Crippen MR) is 213 cm³/mol. The summed E-state index contributed by atoms with van der Waals surface area (Å²) in [5.41, 5.74) is 17.0. The summed E-state index contributed by atoms with van der Waals surface area (Å²) in [7, 11) is 0. The second kappa shape index (κ2) is 11.7. The van der Waals surface area contributed by atoms with Gasteiger partial charge in [0, 0.05) is 46.0 Å². The van der Waals surface area contributed by atoms with E-state index in [0.717, 1.165) is 55.9 Å². The lowest BCUT2D eigenvalue weighted by Gasteiger charge is -2.22. The molecule has 4 nitrogen and oxygen atoms in total. The maximum Gasteiger partial charge on any atom is 0.0899 e. The highest BCUT2D eigenvalue weighted by Crippen LogP contribution is 2.49. The molecule has 5 aromatic carbocycles. The lowest BCUT2D eigenvalue weighted by Crippen LogP contribution is -2.14. The Morgan fingerprint density at radius 1 is 0.462 bits per heavy atom. The number of para-hydroxylation sites is 1. The predicted octanol–water partition coefficient (Wildman–Crippen LogP) is 11.9. The number of hydrogen-bond donors (Lipinski definition) is 0. The number of hydrogen-bond acceptors (Lipinski definition) is 3. The second-order valence-corrected chi connectivity index (χ2v) is 14.1. The van der Waals surface area contributed by atoms with Crippen LogP contribution in [0.25, 0.3) is 83.5 Å². The molecule has 0 unspecified atom stereocenters. The number of aromatic nitrogens is 4. The summed E-state index contributed by atoms with van der Waals surface area (Å²) in [5.74, 6) is 0. The van der Waals surface area contributed by atoms with Crippen LogP contribution in [0.15, 0.2) is 170 Å². The summed E-state index contributed by atoms with van der Waals surface area (Å²) in [6.07, 6.45) is 5.68. The summed E-state index contributed by atoms with van der Waals surface area (Å²) in [6.45, 7) is 4.64. The Morgan fingerprint density at radius 2 is 1.15 bits per heavy atom. The molecule has 0 radical (unpaired) electrons. The molecule has 0 amide bonds. The molecule has 0 fully saturated rings. The van der Waals surface area contributed by atoms with E-state index in [-0.39, 0.29) is 5.41 Å². The van der Waals surface area contributed by atoms with Gasteiger partial charge in [0.1, 0.15) is 0 Å². The largest absolute Gasteiger partial charge is 0.309 e. The Bertz CT molecular complexity index is 2800. The zero-order valence-corrected chi connectivity index (χ0v) is 29.0. The topological polar surface area (TPSA) is 43.6 Å². The van der Waals surface area contributed by atoms with E-state index in [1.165, 1.54) is 38.7 Å². The molecule has 0 aliphatic heterocycles. The van der Waals surface area contributed by atoms with Gasteiger partial charge in [-0.25, -0.2) is 4.98 Å². The molecule has 1 aliphatic rings. The Hall–Kier alpha value is -6.65.